The molecule has 2 aliphatic heterocycles. The second-order valence-electron chi connectivity index (χ2n) is 8.75. The summed E-state index contributed by atoms with van der Waals surface area (Å²) in [5.74, 6) is -0.977. The molecule has 0 spiro atoms. The van der Waals surface area contributed by atoms with Gasteiger partial charge < -0.3 is 9.80 Å². The van der Waals surface area contributed by atoms with E-state index >= 15 is 0 Å². The first kappa shape index (κ1) is 24.1. The Morgan fingerprint density at radius 2 is 1.71 bits per heavy atom. The van der Waals surface area contributed by atoms with E-state index in [9.17, 15) is 31.2 Å². The molecule has 2 amide bonds. The minimum atomic E-state index is -4.41. The van der Waals surface area contributed by atoms with E-state index in [1.54, 1.807) is 18.7 Å². The predicted molar refractivity (Wildman–Crippen MR) is 119 cm³/mol. The Bertz CT molecular complexity index is 1240. The number of sulfonamides is 1. The molecule has 2 heterocycles. The molecule has 182 valence electrons. The number of fused-ring (bicyclic) bond motifs is 1. The van der Waals surface area contributed by atoms with E-state index in [1.807, 2.05) is 11.8 Å². The highest BCUT2D eigenvalue weighted by molar-refractivity contribution is 7.90. The molecule has 1 saturated heterocycles. The SMILES string of the molecule is CC1CN(C(=O)c2ccc3c(c2)S(=O)(=O)N(C(C)C)C3=O)CCN1c1ccc(C(F)(F)F)cc1. The van der Waals surface area contributed by atoms with Crippen molar-refractivity contribution in [2.24, 2.45) is 0 Å². The Morgan fingerprint density at radius 3 is 2.26 bits per heavy atom. The van der Waals surface area contributed by atoms with Gasteiger partial charge in [0.2, 0.25) is 0 Å². The maximum absolute atomic E-state index is 13.1. The van der Waals surface area contributed by atoms with Crippen LogP contribution in [0.15, 0.2) is 47.4 Å². The zero-order valence-corrected chi connectivity index (χ0v) is 19.7. The Morgan fingerprint density at radius 1 is 1.06 bits per heavy atom. The summed E-state index contributed by atoms with van der Waals surface area (Å²) in [7, 11) is -4.03. The van der Waals surface area contributed by atoms with Crippen molar-refractivity contribution in [2.75, 3.05) is 24.5 Å². The molecule has 2 aromatic rings. The van der Waals surface area contributed by atoms with Crippen LogP contribution in [0.3, 0.4) is 0 Å². The van der Waals surface area contributed by atoms with Crippen molar-refractivity contribution in [3.05, 3.63) is 59.2 Å². The van der Waals surface area contributed by atoms with Crippen LogP contribution in [0.5, 0.6) is 0 Å². The number of carbonyl (C=O) groups excluding carboxylic acids is 2. The predicted octanol–water partition coefficient (Wildman–Crippen LogP) is 3.61. The smallest absolute Gasteiger partial charge is 0.365 e. The maximum Gasteiger partial charge on any atom is 0.416 e. The van der Waals surface area contributed by atoms with Crippen molar-refractivity contribution in [1.29, 1.82) is 0 Å². The second kappa shape index (κ2) is 8.30. The fourth-order valence-corrected chi connectivity index (χ4v) is 6.23. The number of anilines is 1. The minimum Gasteiger partial charge on any atom is -0.365 e. The Balaban J connectivity index is 1.51. The molecule has 1 fully saturated rings. The van der Waals surface area contributed by atoms with E-state index in [2.05, 4.69) is 0 Å². The second-order valence-corrected chi connectivity index (χ2v) is 10.5. The van der Waals surface area contributed by atoms with Crippen molar-refractivity contribution < 1.29 is 31.2 Å². The van der Waals surface area contributed by atoms with Crippen LogP contribution in [0.4, 0.5) is 18.9 Å². The third-order valence-electron chi connectivity index (χ3n) is 6.11. The normalized spacial score (nSPS) is 20.1. The zero-order chi connectivity index (χ0) is 25.0. The fraction of sp³-hybridized carbons (Fsp3) is 0.391. The molecule has 0 saturated carbocycles. The van der Waals surface area contributed by atoms with Gasteiger partial charge in [0.15, 0.2) is 0 Å². The topological polar surface area (TPSA) is 78.0 Å². The van der Waals surface area contributed by atoms with Crippen molar-refractivity contribution >= 4 is 27.5 Å². The Kier molecular flexibility index (Phi) is 5.87. The molecule has 34 heavy (non-hydrogen) atoms. The van der Waals surface area contributed by atoms with Crippen LogP contribution in [0, 0.1) is 0 Å². The average Bonchev–Trinajstić information content (AvgIpc) is 2.97. The van der Waals surface area contributed by atoms with Gasteiger partial charge in [0.25, 0.3) is 21.8 Å². The lowest BCUT2D eigenvalue weighted by molar-refractivity contribution is -0.137. The van der Waals surface area contributed by atoms with Crippen LogP contribution in [-0.4, -0.2) is 61.2 Å². The summed E-state index contributed by atoms with van der Waals surface area (Å²) in [6.45, 7) is 6.09. The molecule has 11 heteroatoms. The van der Waals surface area contributed by atoms with Gasteiger partial charge in [0, 0.05) is 43.0 Å². The third-order valence-corrected chi connectivity index (χ3v) is 8.10. The standard InChI is InChI=1S/C23H24F3N3O4S/c1-14(2)29-22(31)19-9-4-16(12-20(19)34(29,32)33)21(30)27-10-11-28(15(3)13-27)18-7-5-17(6-8-18)23(24,25)26/h4-9,12,14-15H,10-11,13H2,1-3H3. The van der Waals surface area contributed by atoms with Gasteiger partial charge in [-0.15, -0.1) is 0 Å². The molecule has 0 bridgehead atoms. The number of carbonyl (C=O) groups is 2. The molecule has 1 unspecified atom stereocenters. The first-order valence-electron chi connectivity index (χ1n) is 10.8. The van der Waals surface area contributed by atoms with Crippen LogP contribution >= 0.6 is 0 Å². The highest BCUT2D eigenvalue weighted by atomic mass is 32.2. The number of hydrogen-bond donors (Lipinski definition) is 0. The summed E-state index contributed by atoms with van der Waals surface area (Å²) in [6, 6.07) is 8.24. The van der Waals surface area contributed by atoms with E-state index in [1.165, 1.54) is 30.3 Å². The summed E-state index contributed by atoms with van der Waals surface area (Å²) in [6.07, 6.45) is -4.41. The molecule has 0 N–H and O–H groups in total. The molecule has 0 radical (unpaired) electrons. The van der Waals surface area contributed by atoms with Gasteiger partial charge in [0.05, 0.1) is 11.1 Å². The number of halogens is 3. The van der Waals surface area contributed by atoms with E-state index in [4.69, 9.17) is 0 Å². The lowest BCUT2D eigenvalue weighted by Gasteiger charge is -2.41. The highest BCUT2D eigenvalue weighted by Gasteiger charge is 2.43. The number of alkyl halides is 3. The summed E-state index contributed by atoms with van der Waals surface area (Å²) < 4.78 is 65.0. The number of benzene rings is 2. The molecule has 0 aromatic heterocycles. The van der Waals surface area contributed by atoms with Gasteiger partial charge in [-0.1, -0.05) is 0 Å². The largest absolute Gasteiger partial charge is 0.416 e. The minimum absolute atomic E-state index is 0.0470. The monoisotopic (exact) mass is 495 g/mol. The first-order valence-corrected chi connectivity index (χ1v) is 12.2. The molecular formula is C23H24F3N3O4S. The zero-order valence-electron chi connectivity index (χ0n) is 18.8. The molecule has 4 rings (SSSR count). The quantitative estimate of drug-likeness (QED) is 0.650. The molecular weight excluding hydrogens is 471 g/mol. The number of piperazine rings is 1. The van der Waals surface area contributed by atoms with Crippen LogP contribution in [0.25, 0.3) is 0 Å². The van der Waals surface area contributed by atoms with Gasteiger partial charge in [-0.2, -0.15) is 13.2 Å². The summed E-state index contributed by atoms with van der Waals surface area (Å²) >= 11 is 0. The third kappa shape index (κ3) is 4.02. The van der Waals surface area contributed by atoms with Gasteiger partial charge in [-0.25, -0.2) is 12.7 Å². The van der Waals surface area contributed by atoms with E-state index < -0.39 is 33.7 Å². The van der Waals surface area contributed by atoms with E-state index in [-0.39, 0.29) is 28.0 Å². The van der Waals surface area contributed by atoms with Crippen molar-refractivity contribution in [1.82, 2.24) is 9.21 Å². The highest BCUT2D eigenvalue weighted by Crippen LogP contribution is 2.34. The van der Waals surface area contributed by atoms with E-state index in [0.717, 1.165) is 16.4 Å². The van der Waals surface area contributed by atoms with Crippen LogP contribution in [-0.2, 0) is 16.2 Å². The van der Waals surface area contributed by atoms with Crippen LogP contribution in [0.2, 0.25) is 0 Å². The van der Waals surface area contributed by atoms with Crippen molar-refractivity contribution in [3.8, 4) is 0 Å². The van der Waals surface area contributed by atoms with Crippen LogP contribution < -0.4 is 4.90 Å². The van der Waals surface area contributed by atoms with Gasteiger partial charge in [0.1, 0.15) is 4.90 Å². The lowest BCUT2D eigenvalue weighted by Crippen LogP contribution is -2.53. The fourth-order valence-electron chi connectivity index (χ4n) is 4.44. The molecule has 2 aromatic carbocycles. The van der Waals surface area contributed by atoms with Crippen LogP contribution in [0.1, 0.15) is 47.1 Å². The van der Waals surface area contributed by atoms with E-state index in [0.29, 0.717) is 25.3 Å². The summed E-state index contributed by atoms with van der Waals surface area (Å²) in [4.78, 5) is 29.0. The van der Waals surface area contributed by atoms with Gasteiger partial charge in [-0.3, -0.25) is 9.59 Å². The van der Waals surface area contributed by atoms with Gasteiger partial charge in [-0.05, 0) is 63.2 Å². The molecule has 2 aliphatic rings. The van der Waals surface area contributed by atoms with Crippen molar-refractivity contribution in [2.45, 2.75) is 43.9 Å². The average molecular weight is 496 g/mol. The van der Waals surface area contributed by atoms with Crippen molar-refractivity contribution in [3.63, 3.8) is 0 Å². The molecule has 7 nitrogen and oxygen atoms in total. The molecule has 1 atom stereocenters. The lowest BCUT2D eigenvalue weighted by atomic mass is 10.1. The number of amides is 2. The Hall–Kier alpha value is -3.08. The van der Waals surface area contributed by atoms with Gasteiger partial charge >= 0.3 is 6.18 Å². The summed E-state index contributed by atoms with van der Waals surface area (Å²) in [5.41, 5.74) is 0.115. The Labute approximate surface area is 195 Å². The maximum atomic E-state index is 13.1. The first-order chi connectivity index (χ1) is 15.8. The number of nitrogens with zero attached hydrogens (tertiary/aromatic N) is 3. The number of rotatable bonds is 3. The number of hydrogen-bond acceptors (Lipinski definition) is 5. The summed E-state index contributed by atoms with van der Waals surface area (Å²) in [5, 5.41) is 0. The molecule has 0 aliphatic carbocycles.